The molecule has 0 aliphatic carbocycles. The lowest BCUT2D eigenvalue weighted by molar-refractivity contribution is 0.125. The summed E-state index contributed by atoms with van der Waals surface area (Å²) in [4.78, 5) is 0. The van der Waals surface area contributed by atoms with Gasteiger partial charge >= 0.3 is 0 Å². The standard InChI is InChI=1S/C22H39Cl2NO2Si/c1-10-28(11-2,12-3)27-21(15(4)25-16(5)22(6,7)8)20-18(24)13-17(23)14-19(20)26-9/h13-16,21,25H,10-12H2,1-9H3/t15-,16-,21?/m0/s1. The molecule has 0 saturated carbocycles. The second kappa shape index (κ2) is 10.7. The molecule has 0 heterocycles. The van der Waals surface area contributed by atoms with Crippen LogP contribution in [0.5, 0.6) is 5.75 Å². The van der Waals surface area contributed by atoms with Gasteiger partial charge in [-0.2, -0.15) is 0 Å². The first-order chi connectivity index (χ1) is 12.9. The van der Waals surface area contributed by atoms with Gasteiger partial charge in [0.25, 0.3) is 0 Å². The van der Waals surface area contributed by atoms with Gasteiger partial charge in [-0.05, 0) is 49.5 Å². The molecule has 0 amide bonds. The Morgan fingerprint density at radius 2 is 1.57 bits per heavy atom. The Hall–Kier alpha value is -0.263. The highest BCUT2D eigenvalue weighted by Gasteiger charge is 2.37. The summed E-state index contributed by atoms with van der Waals surface area (Å²) < 4.78 is 12.6. The van der Waals surface area contributed by atoms with E-state index in [0.717, 1.165) is 23.7 Å². The number of nitrogens with one attached hydrogen (secondary N) is 1. The van der Waals surface area contributed by atoms with E-state index in [1.807, 2.05) is 6.07 Å². The summed E-state index contributed by atoms with van der Waals surface area (Å²) in [6, 6.07) is 7.21. The van der Waals surface area contributed by atoms with Crippen LogP contribution in [0.25, 0.3) is 0 Å². The Labute approximate surface area is 183 Å². The third-order valence-electron chi connectivity index (χ3n) is 6.14. The van der Waals surface area contributed by atoms with Crippen molar-refractivity contribution in [1.82, 2.24) is 5.32 Å². The molecule has 0 spiro atoms. The smallest absolute Gasteiger partial charge is 0.192 e. The van der Waals surface area contributed by atoms with Gasteiger partial charge in [0.2, 0.25) is 0 Å². The molecule has 0 aliphatic heterocycles. The molecular formula is C22H39Cl2NO2Si. The van der Waals surface area contributed by atoms with Crippen LogP contribution in [0.15, 0.2) is 12.1 Å². The molecule has 3 atom stereocenters. The van der Waals surface area contributed by atoms with E-state index in [9.17, 15) is 0 Å². The maximum absolute atomic E-state index is 6.98. The van der Waals surface area contributed by atoms with Crippen molar-refractivity contribution < 1.29 is 9.16 Å². The molecule has 0 saturated heterocycles. The Morgan fingerprint density at radius 3 is 2.00 bits per heavy atom. The number of halogens is 2. The van der Waals surface area contributed by atoms with Gasteiger partial charge in [-0.3, -0.25) is 0 Å². The topological polar surface area (TPSA) is 30.5 Å². The first-order valence-corrected chi connectivity index (χ1v) is 13.7. The van der Waals surface area contributed by atoms with Crippen molar-refractivity contribution in [2.24, 2.45) is 5.41 Å². The lowest BCUT2D eigenvalue weighted by Crippen LogP contribution is -2.48. The number of hydrogen-bond donors (Lipinski definition) is 1. The van der Waals surface area contributed by atoms with Crippen molar-refractivity contribution in [2.45, 2.75) is 91.7 Å². The molecule has 1 unspecified atom stereocenters. The zero-order chi connectivity index (χ0) is 21.7. The fraction of sp³-hybridized carbons (Fsp3) is 0.727. The summed E-state index contributed by atoms with van der Waals surface area (Å²) in [5.41, 5.74) is 1.03. The minimum atomic E-state index is -1.88. The third kappa shape index (κ3) is 6.37. The molecule has 1 aromatic carbocycles. The fourth-order valence-electron chi connectivity index (χ4n) is 3.42. The van der Waals surface area contributed by atoms with Crippen molar-refractivity contribution in [3.8, 4) is 5.75 Å². The summed E-state index contributed by atoms with van der Waals surface area (Å²) in [5, 5.41) is 4.92. The van der Waals surface area contributed by atoms with Gasteiger partial charge < -0.3 is 14.5 Å². The molecule has 3 nitrogen and oxygen atoms in total. The fourth-order valence-corrected chi connectivity index (χ4v) is 6.86. The van der Waals surface area contributed by atoms with Crippen LogP contribution >= 0.6 is 23.2 Å². The molecule has 0 radical (unpaired) electrons. The third-order valence-corrected chi connectivity index (χ3v) is 11.3. The number of hydrogen-bond acceptors (Lipinski definition) is 3. The second-order valence-corrected chi connectivity index (χ2v) is 14.4. The van der Waals surface area contributed by atoms with Gasteiger partial charge in [0, 0.05) is 22.7 Å². The maximum atomic E-state index is 6.98. The van der Waals surface area contributed by atoms with Gasteiger partial charge in [-0.25, -0.2) is 0 Å². The second-order valence-electron chi connectivity index (χ2n) is 8.83. The van der Waals surface area contributed by atoms with Crippen molar-refractivity contribution in [2.75, 3.05) is 7.11 Å². The Kier molecular flexibility index (Phi) is 9.82. The van der Waals surface area contributed by atoms with Crippen LogP contribution in [0.1, 0.15) is 67.1 Å². The molecule has 162 valence electrons. The number of benzene rings is 1. The first-order valence-electron chi connectivity index (χ1n) is 10.4. The highest BCUT2D eigenvalue weighted by atomic mass is 35.5. The van der Waals surface area contributed by atoms with E-state index in [2.05, 4.69) is 60.7 Å². The lowest BCUT2D eigenvalue weighted by atomic mass is 9.87. The molecule has 0 aromatic heterocycles. The van der Waals surface area contributed by atoms with Gasteiger partial charge in [0.1, 0.15) is 5.75 Å². The first kappa shape index (κ1) is 25.8. The predicted octanol–water partition coefficient (Wildman–Crippen LogP) is 7.48. The quantitative estimate of drug-likeness (QED) is 0.377. The van der Waals surface area contributed by atoms with E-state index in [-0.39, 0.29) is 17.6 Å². The Bertz CT molecular complexity index is 621. The summed E-state index contributed by atoms with van der Waals surface area (Å²) in [5.74, 6) is 0.686. The SMILES string of the molecule is CC[Si](CC)(CC)OC(c1c(Cl)cc(Cl)cc1OC)[C@H](C)N[C@@H](C)C(C)(C)C. The molecule has 1 aromatic rings. The predicted molar refractivity (Wildman–Crippen MR) is 126 cm³/mol. The summed E-state index contributed by atoms with van der Waals surface area (Å²) >= 11 is 12.9. The van der Waals surface area contributed by atoms with Crippen LogP contribution in [0, 0.1) is 5.41 Å². The molecular weight excluding hydrogens is 409 g/mol. The molecule has 6 heteroatoms. The number of ether oxygens (including phenoxy) is 1. The van der Waals surface area contributed by atoms with E-state index >= 15 is 0 Å². The van der Waals surface area contributed by atoms with Crippen LogP contribution in [-0.2, 0) is 4.43 Å². The zero-order valence-electron chi connectivity index (χ0n) is 19.1. The van der Waals surface area contributed by atoms with Crippen LogP contribution in [-0.4, -0.2) is 27.5 Å². The minimum absolute atomic E-state index is 0.0679. The minimum Gasteiger partial charge on any atom is -0.496 e. The van der Waals surface area contributed by atoms with Gasteiger partial charge in [0.15, 0.2) is 8.32 Å². The summed E-state index contributed by atoms with van der Waals surface area (Å²) in [6.45, 7) is 17.9. The van der Waals surface area contributed by atoms with E-state index < -0.39 is 8.32 Å². The molecule has 0 aliphatic rings. The Morgan fingerprint density at radius 1 is 1.04 bits per heavy atom. The van der Waals surface area contributed by atoms with Crippen molar-refractivity contribution >= 4 is 31.5 Å². The van der Waals surface area contributed by atoms with Gasteiger partial charge in [0.05, 0.1) is 18.2 Å². The number of methoxy groups -OCH3 is 1. The molecule has 1 rings (SSSR count). The van der Waals surface area contributed by atoms with Crippen molar-refractivity contribution in [1.29, 1.82) is 0 Å². The van der Waals surface area contributed by atoms with Crippen LogP contribution in [0.2, 0.25) is 28.2 Å². The van der Waals surface area contributed by atoms with E-state index in [4.69, 9.17) is 32.4 Å². The molecule has 1 N–H and O–H groups in total. The monoisotopic (exact) mass is 447 g/mol. The number of rotatable bonds is 10. The van der Waals surface area contributed by atoms with Crippen molar-refractivity contribution in [3.63, 3.8) is 0 Å². The summed E-state index contributed by atoms with van der Waals surface area (Å²) in [7, 11) is -0.227. The molecule has 0 fully saturated rings. The van der Waals surface area contributed by atoms with E-state index in [0.29, 0.717) is 21.8 Å². The molecule has 0 bridgehead atoms. The van der Waals surface area contributed by atoms with Crippen LogP contribution in [0.3, 0.4) is 0 Å². The largest absolute Gasteiger partial charge is 0.496 e. The van der Waals surface area contributed by atoms with Gasteiger partial charge in [-0.1, -0.05) is 64.7 Å². The lowest BCUT2D eigenvalue weighted by Gasteiger charge is -2.40. The van der Waals surface area contributed by atoms with E-state index in [1.165, 1.54) is 0 Å². The average molecular weight is 449 g/mol. The molecule has 28 heavy (non-hydrogen) atoms. The Balaban J connectivity index is 3.45. The average Bonchev–Trinajstić information content (AvgIpc) is 2.62. The van der Waals surface area contributed by atoms with Crippen LogP contribution in [0.4, 0.5) is 0 Å². The van der Waals surface area contributed by atoms with Gasteiger partial charge in [-0.15, -0.1) is 0 Å². The normalized spacial score (nSPS) is 16.0. The maximum Gasteiger partial charge on any atom is 0.192 e. The van der Waals surface area contributed by atoms with E-state index in [1.54, 1.807) is 13.2 Å². The van der Waals surface area contributed by atoms with Crippen molar-refractivity contribution in [3.05, 3.63) is 27.7 Å². The zero-order valence-corrected chi connectivity index (χ0v) is 21.6. The van der Waals surface area contributed by atoms with Crippen LogP contribution < -0.4 is 10.1 Å². The highest BCUT2D eigenvalue weighted by molar-refractivity contribution is 6.73. The summed E-state index contributed by atoms with van der Waals surface area (Å²) in [6.07, 6.45) is -0.198. The highest BCUT2D eigenvalue weighted by Crippen LogP contribution is 2.41.